The molecule has 1 aromatic heterocycles. The zero-order chi connectivity index (χ0) is 23.4. The van der Waals surface area contributed by atoms with Crippen molar-refractivity contribution < 1.29 is 14.0 Å². The summed E-state index contributed by atoms with van der Waals surface area (Å²) in [7, 11) is 1.81. The molecule has 6 heteroatoms. The molecule has 5 nitrogen and oxygen atoms in total. The van der Waals surface area contributed by atoms with Gasteiger partial charge in [0.05, 0.1) is 11.3 Å². The summed E-state index contributed by atoms with van der Waals surface area (Å²) in [6, 6.07) is 19.3. The van der Waals surface area contributed by atoms with E-state index in [1.54, 1.807) is 9.80 Å². The standard InChI is InChI=1S/C27H28FN3O2/c1-19-8-13-24(27(33)30(2)18-20-6-4-3-5-7-20)25(29-19)21-14-16-31(17-15-21)26(32)22-9-11-23(28)12-10-22/h3-13,21H,14-18H2,1-2H3. The van der Waals surface area contributed by atoms with Crippen molar-refractivity contribution in [2.24, 2.45) is 0 Å². The summed E-state index contributed by atoms with van der Waals surface area (Å²) >= 11 is 0. The fourth-order valence-electron chi connectivity index (χ4n) is 4.33. The van der Waals surface area contributed by atoms with Crippen molar-refractivity contribution in [1.29, 1.82) is 0 Å². The first-order valence-electron chi connectivity index (χ1n) is 11.2. The van der Waals surface area contributed by atoms with E-state index in [1.165, 1.54) is 24.3 Å². The molecular weight excluding hydrogens is 417 g/mol. The summed E-state index contributed by atoms with van der Waals surface area (Å²) in [4.78, 5) is 34.3. The van der Waals surface area contributed by atoms with Crippen LogP contribution in [0.3, 0.4) is 0 Å². The van der Waals surface area contributed by atoms with Crippen LogP contribution in [-0.4, -0.2) is 46.7 Å². The van der Waals surface area contributed by atoms with Crippen molar-refractivity contribution in [2.45, 2.75) is 32.2 Å². The van der Waals surface area contributed by atoms with E-state index in [0.717, 1.165) is 29.8 Å². The third-order valence-corrected chi connectivity index (χ3v) is 6.16. The van der Waals surface area contributed by atoms with Gasteiger partial charge in [-0.15, -0.1) is 0 Å². The van der Waals surface area contributed by atoms with Crippen LogP contribution < -0.4 is 0 Å². The molecule has 1 aliphatic heterocycles. The minimum atomic E-state index is -0.356. The molecule has 1 fully saturated rings. The third kappa shape index (κ3) is 5.28. The van der Waals surface area contributed by atoms with Crippen LogP contribution in [0.1, 0.15) is 56.4 Å². The number of nitrogens with zero attached hydrogens (tertiary/aromatic N) is 3. The average molecular weight is 446 g/mol. The number of halogens is 1. The van der Waals surface area contributed by atoms with Crippen LogP contribution in [0, 0.1) is 12.7 Å². The lowest BCUT2D eigenvalue weighted by Gasteiger charge is -2.33. The third-order valence-electron chi connectivity index (χ3n) is 6.16. The van der Waals surface area contributed by atoms with Crippen LogP contribution in [0.5, 0.6) is 0 Å². The molecule has 0 aliphatic carbocycles. The van der Waals surface area contributed by atoms with Crippen LogP contribution >= 0.6 is 0 Å². The highest BCUT2D eigenvalue weighted by molar-refractivity contribution is 5.95. The van der Waals surface area contributed by atoms with Gasteiger partial charge in [0.2, 0.25) is 0 Å². The van der Waals surface area contributed by atoms with Gasteiger partial charge in [0.1, 0.15) is 5.82 Å². The molecule has 3 aromatic rings. The Bertz CT molecular complexity index is 1120. The SMILES string of the molecule is Cc1ccc(C(=O)N(C)Cc2ccccc2)c(C2CCN(C(=O)c3ccc(F)cc3)CC2)n1. The molecule has 0 N–H and O–H groups in total. The van der Waals surface area contributed by atoms with Crippen LogP contribution in [0.4, 0.5) is 4.39 Å². The minimum Gasteiger partial charge on any atom is -0.339 e. The number of carbonyl (C=O) groups is 2. The number of hydrogen-bond acceptors (Lipinski definition) is 3. The monoisotopic (exact) mass is 445 g/mol. The van der Waals surface area contributed by atoms with Crippen molar-refractivity contribution in [3.63, 3.8) is 0 Å². The Hall–Kier alpha value is -3.54. The second kappa shape index (κ2) is 9.94. The Morgan fingerprint density at radius 3 is 2.33 bits per heavy atom. The van der Waals surface area contributed by atoms with Gasteiger partial charge in [-0.05, 0) is 61.7 Å². The van der Waals surface area contributed by atoms with Gasteiger partial charge in [0.25, 0.3) is 11.8 Å². The average Bonchev–Trinajstić information content (AvgIpc) is 2.84. The summed E-state index contributed by atoms with van der Waals surface area (Å²) < 4.78 is 13.2. The van der Waals surface area contributed by atoms with E-state index in [2.05, 4.69) is 0 Å². The zero-order valence-electron chi connectivity index (χ0n) is 19.0. The Morgan fingerprint density at radius 1 is 1.00 bits per heavy atom. The van der Waals surface area contributed by atoms with Gasteiger partial charge in [-0.3, -0.25) is 14.6 Å². The van der Waals surface area contributed by atoms with Crippen LogP contribution in [0.2, 0.25) is 0 Å². The number of benzene rings is 2. The van der Waals surface area contributed by atoms with E-state index in [9.17, 15) is 14.0 Å². The van der Waals surface area contributed by atoms with Gasteiger partial charge in [0.15, 0.2) is 0 Å². The highest BCUT2D eigenvalue weighted by Crippen LogP contribution is 2.30. The number of amides is 2. The minimum absolute atomic E-state index is 0.0498. The topological polar surface area (TPSA) is 53.5 Å². The highest BCUT2D eigenvalue weighted by Gasteiger charge is 2.29. The molecule has 0 radical (unpaired) electrons. The molecule has 0 bridgehead atoms. The Morgan fingerprint density at radius 2 is 1.67 bits per heavy atom. The molecule has 33 heavy (non-hydrogen) atoms. The first kappa shape index (κ1) is 22.6. The molecule has 2 amide bonds. The van der Waals surface area contributed by atoms with E-state index < -0.39 is 0 Å². The van der Waals surface area contributed by atoms with Gasteiger partial charge < -0.3 is 9.80 Å². The van der Waals surface area contributed by atoms with Crippen LogP contribution in [0.15, 0.2) is 66.7 Å². The quantitative estimate of drug-likeness (QED) is 0.566. The Labute approximate surface area is 193 Å². The molecular formula is C27H28FN3O2. The number of likely N-dealkylation sites (tertiary alicyclic amines) is 1. The second-order valence-corrected chi connectivity index (χ2v) is 8.61. The molecule has 1 aliphatic rings. The fourth-order valence-corrected chi connectivity index (χ4v) is 4.33. The maximum absolute atomic E-state index is 13.3. The van der Waals surface area contributed by atoms with Gasteiger partial charge in [-0.1, -0.05) is 30.3 Å². The molecule has 0 unspecified atom stereocenters. The normalized spacial score (nSPS) is 14.2. The maximum atomic E-state index is 13.3. The molecule has 1 saturated heterocycles. The van der Waals surface area contributed by atoms with Gasteiger partial charge in [-0.2, -0.15) is 0 Å². The Kier molecular flexibility index (Phi) is 6.82. The highest BCUT2D eigenvalue weighted by atomic mass is 19.1. The smallest absolute Gasteiger partial charge is 0.255 e. The molecule has 4 rings (SSSR count). The number of pyridine rings is 1. The number of hydrogen-bond donors (Lipinski definition) is 0. The molecule has 0 saturated carbocycles. The van der Waals surface area contributed by atoms with Gasteiger partial charge in [0, 0.05) is 43.9 Å². The van der Waals surface area contributed by atoms with Crippen molar-refractivity contribution in [3.8, 4) is 0 Å². The van der Waals surface area contributed by atoms with E-state index >= 15 is 0 Å². The van der Waals surface area contributed by atoms with E-state index in [4.69, 9.17) is 4.98 Å². The second-order valence-electron chi connectivity index (χ2n) is 8.61. The Balaban J connectivity index is 1.47. The lowest BCUT2D eigenvalue weighted by molar-refractivity contribution is 0.0706. The first-order valence-corrected chi connectivity index (χ1v) is 11.2. The molecule has 170 valence electrons. The zero-order valence-corrected chi connectivity index (χ0v) is 19.0. The summed E-state index contributed by atoms with van der Waals surface area (Å²) in [6.07, 6.45) is 1.46. The van der Waals surface area contributed by atoms with Crippen molar-refractivity contribution in [1.82, 2.24) is 14.8 Å². The van der Waals surface area contributed by atoms with Crippen LogP contribution in [0.25, 0.3) is 0 Å². The predicted octanol–water partition coefficient (Wildman–Crippen LogP) is 4.82. The summed E-state index contributed by atoms with van der Waals surface area (Å²) in [5, 5.41) is 0. The van der Waals surface area contributed by atoms with Crippen molar-refractivity contribution in [3.05, 3.63) is 101 Å². The number of piperidine rings is 1. The predicted molar refractivity (Wildman–Crippen MR) is 125 cm³/mol. The maximum Gasteiger partial charge on any atom is 0.255 e. The molecule has 0 spiro atoms. The van der Waals surface area contributed by atoms with Crippen molar-refractivity contribution in [2.75, 3.05) is 20.1 Å². The van der Waals surface area contributed by atoms with Gasteiger partial charge in [-0.25, -0.2) is 4.39 Å². The van der Waals surface area contributed by atoms with Crippen molar-refractivity contribution >= 4 is 11.8 Å². The first-order chi connectivity index (χ1) is 15.9. The lowest BCUT2D eigenvalue weighted by Crippen LogP contribution is -2.38. The van der Waals surface area contributed by atoms with E-state index in [0.29, 0.717) is 30.8 Å². The summed E-state index contributed by atoms with van der Waals surface area (Å²) in [5.41, 5.74) is 3.87. The number of aryl methyl sites for hydroxylation is 1. The number of carbonyl (C=O) groups excluding carboxylic acids is 2. The largest absolute Gasteiger partial charge is 0.339 e. The fraction of sp³-hybridized carbons (Fsp3) is 0.296. The summed E-state index contributed by atoms with van der Waals surface area (Å²) in [6.45, 7) is 3.60. The van der Waals surface area contributed by atoms with Crippen LogP contribution in [-0.2, 0) is 6.54 Å². The molecule has 0 atom stereocenters. The van der Waals surface area contributed by atoms with E-state index in [1.807, 2.05) is 56.4 Å². The summed E-state index contributed by atoms with van der Waals surface area (Å²) in [5.74, 6) is -0.396. The van der Waals surface area contributed by atoms with E-state index in [-0.39, 0.29) is 23.5 Å². The van der Waals surface area contributed by atoms with Gasteiger partial charge >= 0.3 is 0 Å². The lowest BCUT2D eigenvalue weighted by atomic mass is 9.89. The number of aromatic nitrogens is 1. The number of rotatable bonds is 5. The molecule has 2 aromatic carbocycles. The molecule has 2 heterocycles.